The number of aliphatic imine (C=N–C) groups is 1. The minimum Gasteiger partial charge on any atom is -0.490 e. The summed E-state index contributed by atoms with van der Waals surface area (Å²) in [5.74, 6) is 0.376. The van der Waals surface area contributed by atoms with Crippen LogP contribution in [0.4, 0.5) is 0 Å². The van der Waals surface area contributed by atoms with E-state index < -0.39 is 5.97 Å². The molecule has 0 aromatic heterocycles. The molecule has 0 unspecified atom stereocenters. The number of thioether (sulfide) groups is 1. The first kappa shape index (κ1) is 17.9. The fourth-order valence-corrected chi connectivity index (χ4v) is 3.18. The van der Waals surface area contributed by atoms with Crippen LogP contribution >= 0.6 is 11.8 Å². The van der Waals surface area contributed by atoms with Gasteiger partial charge in [0.25, 0.3) is 0 Å². The van der Waals surface area contributed by atoms with Crippen molar-refractivity contribution < 1.29 is 19.1 Å². The lowest BCUT2D eigenvalue weighted by molar-refractivity contribution is -0.132. The largest absolute Gasteiger partial charge is 0.490 e. The van der Waals surface area contributed by atoms with E-state index in [-0.39, 0.29) is 5.12 Å². The van der Waals surface area contributed by atoms with Crippen molar-refractivity contribution in [3.63, 3.8) is 0 Å². The van der Waals surface area contributed by atoms with E-state index in [1.165, 1.54) is 6.92 Å². The molecule has 26 heavy (non-hydrogen) atoms. The van der Waals surface area contributed by atoms with Gasteiger partial charge >= 0.3 is 5.97 Å². The highest BCUT2D eigenvalue weighted by Crippen LogP contribution is 2.32. The topological polar surface area (TPSA) is 65.0 Å². The predicted octanol–water partition coefficient (Wildman–Crippen LogP) is 4.07. The molecule has 132 valence electrons. The van der Waals surface area contributed by atoms with E-state index in [2.05, 4.69) is 4.99 Å². The van der Waals surface area contributed by atoms with E-state index in [1.54, 1.807) is 24.3 Å². The van der Waals surface area contributed by atoms with Crippen LogP contribution in [-0.4, -0.2) is 22.7 Å². The molecule has 0 amide bonds. The Morgan fingerprint density at radius 2 is 1.92 bits per heavy atom. The molecule has 0 atom stereocenters. The molecule has 1 aliphatic heterocycles. The Bertz CT molecular complexity index is 903. The van der Waals surface area contributed by atoms with Crippen molar-refractivity contribution in [3.05, 3.63) is 65.4 Å². The van der Waals surface area contributed by atoms with Crippen molar-refractivity contribution in [1.82, 2.24) is 0 Å². The Kier molecular flexibility index (Phi) is 5.53. The van der Waals surface area contributed by atoms with Crippen LogP contribution in [0.2, 0.25) is 0 Å². The molecular formula is C20H17NO4S. The number of carbonyl (C=O) groups excluding carboxylic acids is 2. The molecule has 0 spiro atoms. The van der Waals surface area contributed by atoms with Gasteiger partial charge in [0, 0.05) is 12.5 Å². The third-order valence-electron chi connectivity index (χ3n) is 3.47. The second kappa shape index (κ2) is 8.01. The van der Waals surface area contributed by atoms with Crippen LogP contribution in [0.25, 0.3) is 6.08 Å². The van der Waals surface area contributed by atoms with Crippen molar-refractivity contribution in [2.24, 2.45) is 4.99 Å². The van der Waals surface area contributed by atoms with Gasteiger partial charge in [0.05, 0.1) is 6.61 Å². The van der Waals surface area contributed by atoms with Gasteiger partial charge in [-0.3, -0.25) is 9.59 Å². The summed E-state index contributed by atoms with van der Waals surface area (Å²) in [6, 6.07) is 14.7. The normalized spacial score (nSPS) is 15.1. The first-order valence-corrected chi connectivity index (χ1v) is 8.91. The number of esters is 1. The van der Waals surface area contributed by atoms with E-state index in [0.29, 0.717) is 28.8 Å². The highest BCUT2D eigenvalue weighted by atomic mass is 32.2. The quantitative estimate of drug-likeness (QED) is 0.453. The highest BCUT2D eigenvalue weighted by molar-refractivity contribution is 8.27. The maximum Gasteiger partial charge on any atom is 0.308 e. The smallest absolute Gasteiger partial charge is 0.308 e. The van der Waals surface area contributed by atoms with Crippen molar-refractivity contribution >= 4 is 34.0 Å². The van der Waals surface area contributed by atoms with Gasteiger partial charge in [-0.25, -0.2) is 4.99 Å². The van der Waals surface area contributed by atoms with Crippen LogP contribution in [-0.2, 0) is 9.59 Å². The molecule has 0 saturated carbocycles. The lowest BCUT2D eigenvalue weighted by Gasteiger charge is -2.10. The van der Waals surface area contributed by atoms with Crippen LogP contribution in [0.1, 0.15) is 25.0 Å². The summed E-state index contributed by atoms with van der Waals surface area (Å²) in [7, 11) is 0. The monoisotopic (exact) mass is 367 g/mol. The van der Waals surface area contributed by atoms with Gasteiger partial charge in [-0.05, 0) is 42.5 Å². The molecule has 0 bridgehead atoms. The SMILES string of the molecule is CCOc1cc(/C=C2/N=C(c3ccccc3)SC2=O)ccc1OC(C)=O. The summed E-state index contributed by atoms with van der Waals surface area (Å²) in [5.41, 5.74) is 2.03. The van der Waals surface area contributed by atoms with Crippen molar-refractivity contribution in [2.45, 2.75) is 13.8 Å². The van der Waals surface area contributed by atoms with Crippen LogP contribution in [0.15, 0.2) is 59.2 Å². The fourth-order valence-electron chi connectivity index (χ4n) is 2.39. The minimum absolute atomic E-state index is 0.106. The summed E-state index contributed by atoms with van der Waals surface area (Å²) in [4.78, 5) is 27.9. The van der Waals surface area contributed by atoms with Crippen molar-refractivity contribution in [3.8, 4) is 11.5 Å². The Balaban J connectivity index is 1.91. The van der Waals surface area contributed by atoms with Gasteiger partial charge in [-0.15, -0.1) is 0 Å². The van der Waals surface area contributed by atoms with Gasteiger partial charge < -0.3 is 9.47 Å². The molecule has 6 heteroatoms. The molecule has 5 nitrogen and oxygen atoms in total. The summed E-state index contributed by atoms with van der Waals surface area (Å²) < 4.78 is 10.7. The Morgan fingerprint density at radius 3 is 2.62 bits per heavy atom. The Labute approximate surface area is 155 Å². The van der Waals surface area contributed by atoms with Crippen LogP contribution in [0.5, 0.6) is 11.5 Å². The van der Waals surface area contributed by atoms with E-state index in [1.807, 2.05) is 37.3 Å². The average molecular weight is 367 g/mol. The molecule has 2 aromatic rings. The number of rotatable bonds is 5. The first-order valence-electron chi connectivity index (χ1n) is 8.10. The number of nitrogens with zero attached hydrogens (tertiary/aromatic N) is 1. The molecule has 1 aliphatic rings. The van der Waals surface area contributed by atoms with E-state index in [0.717, 1.165) is 22.9 Å². The Morgan fingerprint density at radius 1 is 1.15 bits per heavy atom. The van der Waals surface area contributed by atoms with Gasteiger partial charge in [-0.2, -0.15) is 0 Å². The maximum atomic E-state index is 12.3. The maximum absolute atomic E-state index is 12.3. The second-order valence-electron chi connectivity index (χ2n) is 5.43. The molecule has 0 fully saturated rings. The molecule has 0 saturated heterocycles. The lowest BCUT2D eigenvalue weighted by atomic mass is 10.1. The van der Waals surface area contributed by atoms with Gasteiger partial charge in [0.15, 0.2) is 11.5 Å². The van der Waals surface area contributed by atoms with Crippen LogP contribution < -0.4 is 9.47 Å². The van der Waals surface area contributed by atoms with E-state index in [4.69, 9.17) is 9.47 Å². The van der Waals surface area contributed by atoms with Crippen molar-refractivity contribution in [1.29, 1.82) is 0 Å². The van der Waals surface area contributed by atoms with E-state index in [9.17, 15) is 9.59 Å². The summed E-state index contributed by atoms with van der Waals surface area (Å²) in [5, 5.41) is 0.578. The summed E-state index contributed by atoms with van der Waals surface area (Å²) in [6.45, 7) is 3.61. The summed E-state index contributed by atoms with van der Waals surface area (Å²) >= 11 is 1.11. The summed E-state index contributed by atoms with van der Waals surface area (Å²) in [6.07, 6.45) is 1.70. The third kappa shape index (κ3) is 4.21. The van der Waals surface area contributed by atoms with Crippen LogP contribution in [0, 0.1) is 0 Å². The first-order chi connectivity index (χ1) is 12.6. The standard InChI is InChI=1S/C20H17NO4S/c1-3-24-18-12-14(9-10-17(18)25-13(2)22)11-16-20(23)26-19(21-16)15-7-5-4-6-8-15/h4-12H,3H2,1-2H3/b16-11+. The molecule has 1 heterocycles. The zero-order valence-corrected chi connectivity index (χ0v) is 15.2. The second-order valence-corrected chi connectivity index (χ2v) is 6.40. The molecule has 0 aliphatic carbocycles. The molecule has 0 radical (unpaired) electrons. The van der Waals surface area contributed by atoms with Gasteiger partial charge in [0.2, 0.25) is 5.12 Å². The van der Waals surface area contributed by atoms with Crippen molar-refractivity contribution in [2.75, 3.05) is 6.61 Å². The van der Waals surface area contributed by atoms with Crippen LogP contribution in [0.3, 0.4) is 0 Å². The molecule has 2 aromatic carbocycles. The lowest BCUT2D eigenvalue weighted by Crippen LogP contribution is -2.04. The number of ether oxygens (including phenoxy) is 2. The zero-order valence-electron chi connectivity index (χ0n) is 14.4. The average Bonchev–Trinajstić information content (AvgIpc) is 2.98. The predicted molar refractivity (Wildman–Crippen MR) is 102 cm³/mol. The molecular weight excluding hydrogens is 350 g/mol. The van der Waals surface area contributed by atoms with E-state index >= 15 is 0 Å². The number of hydrogen-bond donors (Lipinski definition) is 0. The highest BCUT2D eigenvalue weighted by Gasteiger charge is 2.23. The van der Waals surface area contributed by atoms with Gasteiger partial charge in [0.1, 0.15) is 10.7 Å². The minimum atomic E-state index is -0.420. The number of hydrogen-bond acceptors (Lipinski definition) is 6. The fraction of sp³-hybridized carbons (Fsp3) is 0.150. The molecule has 3 rings (SSSR count). The number of benzene rings is 2. The molecule has 0 N–H and O–H groups in total. The third-order valence-corrected chi connectivity index (χ3v) is 4.38. The number of carbonyl (C=O) groups is 2. The zero-order chi connectivity index (χ0) is 18.5. The van der Waals surface area contributed by atoms with Gasteiger partial charge in [-0.1, -0.05) is 36.4 Å². The Hall–Kier alpha value is -2.86.